The number of carbonyl (C=O) groups is 1. The van der Waals surface area contributed by atoms with E-state index in [9.17, 15) is 4.79 Å². The van der Waals surface area contributed by atoms with Crippen LogP contribution in [0.4, 0.5) is 0 Å². The number of carboxylic acid groups (broad SMARTS) is 1. The molecular weight excluding hydrogens is 134 g/mol. The lowest BCUT2D eigenvalue weighted by Crippen LogP contribution is -2.44. The minimum atomic E-state index is -0.860. The molecule has 0 fully saturated rings. The fraction of sp³-hybridized carbons (Fsp3) is 0.400. The van der Waals surface area contributed by atoms with E-state index in [-0.39, 0.29) is 0 Å². The molecule has 1 unspecified atom stereocenters. The van der Waals surface area contributed by atoms with E-state index >= 15 is 0 Å². The summed E-state index contributed by atoms with van der Waals surface area (Å²) >= 11 is 0. The first kappa shape index (κ1) is 6.88. The van der Waals surface area contributed by atoms with Crippen molar-refractivity contribution in [3.8, 4) is 0 Å². The summed E-state index contributed by atoms with van der Waals surface area (Å²) in [4.78, 5) is 10.3. The van der Waals surface area contributed by atoms with E-state index in [1.165, 1.54) is 5.01 Å². The first-order valence-electron chi connectivity index (χ1n) is 2.91. The normalized spacial score (nSPS) is 18.7. The second kappa shape index (κ2) is 2.57. The zero-order chi connectivity index (χ0) is 7.56. The molecule has 10 heavy (non-hydrogen) atoms. The van der Waals surface area contributed by atoms with Crippen molar-refractivity contribution in [2.75, 3.05) is 0 Å². The van der Waals surface area contributed by atoms with Crippen molar-refractivity contribution >= 4 is 5.97 Å². The van der Waals surface area contributed by atoms with Crippen LogP contribution in [0.5, 0.6) is 0 Å². The average Bonchev–Trinajstić information content (AvgIpc) is 2.36. The third kappa shape index (κ3) is 1.19. The van der Waals surface area contributed by atoms with Crippen molar-refractivity contribution in [2.24, 2.45) is 0 Å². The molecule has 1 atom stereocenters. The molecule has 0 bridgehead atoms. The van der Waals surface area contributed by atoms with Crippen molar-refractivity contribution in [1.82, 2.24) is 16.0 Å². The largest absolute Gasteiger partial charge is 0.480 e. The highest BCUT2D eigenvalue weighted by Crippen LogP contribution is 1.97. The summed E-state index contributed by atoms with van der Waals surface area (Å²) < 4.78 is 0. The summed E-state index contributed by atoms with van der Waals surface area (Å²) in [7, 11) is 0. The van der Waals surface area contributed by atoms with Crippen molar-refractivity contribution in [1.29, 1.82) is 0 Å². The molecule has 1 heterocycles. The van der Waals surface area contributed by atoms with Crippen molar-refractivity contribution in [3.63, 3.8) is 0 Å². The summed E-state index contributed by atoms with van der Waals surface area (Å²) in [5, 5.41) is 9.96. The molecule has 0 aliphatic carbocycles. The van der Waals surface area contributed by atoms with Gasteiger partial charge >= 0.3 is 5.97 Å². The van der Waals surface area contributed by atoms with Crippen molar-refractivity contribution in [2.45, 2.75) is 13.0 Å². The molecule has 56 valence electrons. The molecule has 5 heteroatoms. The Balaban J connectivity index is 2.48. The molecule has 1 aliphatic heterocycles. The van der Waals surface area contributed by atoms with E-state index < -0.39 is 12.0 Å². The fourth-order valence-corrected chi connectivity index (χ4v) is 0.612. The highest BCUT2D eigenvalue weighted by Gasteiger charge is 2.18. The second-order valence-electron chi connectivity index (χ2n) is 1.99. The van der Waals surface area contributed by atoms with Gasteiger partial charge in [-0.05, 0) is 6.92 Å². The molecule has 0 aromatic heterocycles. The number of carboxylic acids is 1. The highest BCUT2D eigenvalue weighted by atomic mass is 16.4. The number of rotatable bonds is 2. The van der Waals surface area contributed by atoms with E-state index in [1.807, 2.05) is 0 Å². The smallest absolute Gasteiger partial charge is 0.327 e. The van der Waals surface area contributed by atoms with Crippen LogP contribution in [0.25, 0.3) is 0 Å². The van der Waals surface area contributed by atoms with Crippen LogP contribution in [-0.2, 0) is 4.79 Å². The van der Waals surface area contributed by atoms with Gasteiger partial charge in [0.2, 0.25) is 0 Å². The molecule has 5 nitrogen and oxygen atoms in total. The first-order chi connectivity index (χ1) is 4.72. The third-order valence-corrected chi connectivity index (χ3v) is 1.29. The molecule has 0 radical (unpaired) electrons. The van der Waals surface area contributed by atoms with Gasteiger partial charge in [-0.25, -0.2) is 4.79 Å². The standard InChI is InChI=1S/C5H9N3O2/c1-4(5(9)10)8-3-2-6-7-8/h2-4,6-7H,1H3,(H,9,10). The number of aliphatic carboxylic acids is 1. The summed E-state index contributed by atoms with van der Waals surface area (Å²) in [6.07, 6.45) is 3.25. The minimum absolute atomic E-state index is 0.550. The van der Waals surface area contributed by atoms with Crippen LogP contribution in [0.1, 0.15) is 6.92 Å². The maximum Gasteiger partial charge on any atom is 0.327 e. The Morgan fingerprint density at radius 1 is 1.80 bits per heavy atom. The van der Waals surface area contributed by atoms with Gasteiger partial charge in [-0.2, -0.15) is 0 Å². The molecule has 0 saturated carbocycles. The molecule has 0 aromatic rings. The van der Waals surface area contributed by atoms with Gasteiger partial charge in [0.25, 0.3) is 0 Å². The Morgan fingerprint density at radius 2 is 2.50 bits per heavy atom. The number of hydrazine groups is 2. The van der Waals surface area contributed by atoms with Crippen LogP contribution in [0.2, 0.25) is 0 Å². The molecule has 0 aromatic carbocycles. The monoisotopic (exact) mass is 143 g/mol. The van der Waals surface area contributed by atoms with Gasteiger partial charge in [0.1, 0.15) is 6.04 Å². The van der Waals surface area contributed by atoms with Gasteiger partial charge in [-0.15, -0.1) is 5.53 Å². The summed E-state index contributed by atoms with van der Waals surface area (Å²) in [5.41, 5.74) is 5.27. The lowest BCUT2D eigenvalue weighted by Gasteiger charge is -2.19. The SMILES string of the molecule is CC(C(=O)O)N1C=CNN1. The van der Waals surface area contributed by atoms with Crippen LogP contribution in [-0.4, -0.2) is 22.1 Å². The van der Waals surface area contributed by atoms with Crippen LogP contribution in [0.15, 0.2) is 12.4 Å². The number of nitrogens with zero attached hydrogens (tertiary/aromatic N) is 1. The Hall–Kier alpha value is -1.23. The van der Waals surface area contributed by atoms with Gasteiger partial charge in [0, 0.05) is 12.4 Å². The topological polar surface area (TPSA) is 64.6 Å². The van der Waals surface area contributed by atoms with Gasteiger partial charge < -0.3 is 10.5 Å². The van der Waals surface area contributed by atoms with Gasteiger partial charge in [0.05, 0.1) is 0 Å². The second-order valence-corrected chi connectivity index (χ2v) is 1.99. The number of nitrogens with one attached hydrogen (secondary N) is 2. The number of hydrogen-bond acceptors (Lipinski definition) is 4. The Morgan fingerprint density at radius 3 is 2.90 bits per heavy atom. The zero-order valence-electron chi connectivity index (χ0n) is 5.53. The third-order valence-electron chi connectivity index (χ3n) is 1.29. The Kier molecular flexibility index (Phi) is 1.77. The predicted molar refractivity (Wildman–Crippen MR) is 34.3 cm³/mol. The summed E-state index contributed by atoms with van der Waals surface area (Å²) in [5.74, 6) is -0.860. The summed E-state index contributed by atoms with van der Waals surface area (Å²) in [6.45, 7) is 1.59. The van der Waals surface area contributed by atoms with E-state index in [4.69, 9.17) is 5.11 Å². The van der Waals surface area contributed by atoms with E-state index in [0.29, 0.717) is 0 Å². The maximum atomic E-state index is 10.3. The maximum absolute atomic E-state index is 10.3. The van der Waals surface area contributed by atoms with Crippen molar-refractivity contribution < 1.29 is 9.90 Å². The lowest BCUT2D eigenvalue weighted by molar-refractivity contribution is -0.142. The minimum Gasteiger partial charge on any atom is -0.480 e. The zero-order valence-corrected chi connectivity index (χ0v) is 5.53. The molecule has 1 rings (SSSR count). The van der Waals surface area contributed by atoms with Gasteiger partial charge in [0.15, 0.2) is 0 Å². The Bertz CT molecular complexity index is 168. The van der Waals surface area contributed by atoms with Gasteiger partial charge in [-0.1, -0.05) is 0 Å². The van der Waals surface area contributed by atoms with Crippen molar-refractivity contribution in [3.05, 3.63) is 12.4 Å². The van der Waals surface area contributed by atoms with E-state index in [2.05, 4.69) is 11.0 Å². The predicted octanol–water partition coefficient (Wildman–Crippen LogP) is -0.744. The quantitative estimate of drug-likeness (QED) is 0.475. The first-order valence-corrected chi connectivity index (χ1v) is 2.91. The molecule has 0 amide bonds. The van der Waals surface area contributed by atoms with E-state index in [1.54, 1.807) is 19.3 Å². The fourth-order valence-electron chi connectivity index (χ4n) is 0.612. The summed E-state index contributed by atoms with van der Waals surface area (Å²) in [6, 6.07) is -0.550. The van der Waals surface area contributed by atoms with Crippen LogP contribution >= 0.6 is 0 Å². The average molecular weight is 143 g/mol. The van der Waals surface area contributed by atoms with E-state index in [0.717, 1.165) is 0 Å². The van der Waals surface area contributed by atoms with Crippen LogP contribution in [0.3, 0.4) is 0 Å². The molecule has 0 saturated heterocycles. The van der Waals surface area contributed by atoms with Crippen LogP contribution in [0, 0.1) is 0 Å². The van der Waals surface area contributed by atoms with Gasteiger partial charge in [-0.3, -0.25) is 5.01 Å². The highest BCUT2D eigenvalue weighted by molar-refractivity contribution is 5.73. The lowest BCUT2D eigenvalue weighted by atomic mass is 10.3. The number of hydrogen-bond donors (Lipinski definition) is 3. The van der Waals surface area contributed by atoms with Crippen LogP contribution < -0.4 is 11.0 Å². The molecule has 1 aliphatic rings. The molecular formula is C5H9N3O2. The Labute approximate surface area is 58.3 Å². The molecule has 0 spiro atoms. The molecule has 3 N–H and O–H groups in total.